The van der Waals surface area contributed by atoms with E-state index in [1.54, 1.807) is 0 Å². The second-order valence-electron chi connectivity index (χ2n) is 6.41. The molecule has 1 rings (SSSR count). The van der Waals surface area contributed by atoms with Gasteiger partial charge in [-0.2, -0.15) is 0 Å². The van der Waals surface area contributed by atoms with Gasteiger partial charge < -0.3 is 15.7 Å². The summed E-state index contributed by atoms with van der Waals surface area (Å²) >= 11 is 0. The van der Waals surface area contributed by atoms with Gasteiger partial charge in [0, 0.05) is 18.6 Å². The molecule has 1 saturated heterocycles. The zero-order chi connectivity index (χ0) is 15.3. The van der Waals surface area contributed by atoms with Gasteiger partial charge in [0.25, 0.3) is 0 Å². The summed E-state index contributed by atoms with van der Waals surface area (Å²) in [5.41, 5.74) is 5.02. The van der Waals surface area contributed by atoms with Gasteiger partial charge in [-0.25, -0.2) is 4.79 Å². The third-order valence-corrected chi connectivity index (χ3v) is 3.81. The number of nitrogens with two attached hydrogens (primary N) is 1. The van der Waals surface area contributed by atoms with Crippen molar-refractivity contribution < 1.29 is 14.7 Å². The maximum atomic E-state index is 11.4. The first-order valence-electron chi connectivity index (χ1n) is 7.27. The quantitative estimate of drug-likeness (QED) is 0.801. The third kappa shape index (κ3) is 4.67. The molecule has 6 heteroatoms. The van der Waals surface area contributed by atoms with Crippen LogP contribution in [0.25, 0.3) is 0 Å². The number of amides is 2. The maximum Gasteiger partial charge on any atom is 0.407 e. The van der Waals surface area contributed by atoms with Crippen LogP contribution in [0.15, 0.2) is 0 Å². The topological polar surface area (TPSA) is 86.9 Å². The predicted molar refractivity (Wildman–Crippen MR) is 77.5 cm³/mol. The van der Waals surface area contributed by atoms with E-state index in [-0.39, 0.29) is 11.9 Å². The zero-order valence-electron chi connectivity index (χ0n) is 12.8. The lowest BCUT2D eigenvalue weighted by Gasteiger charge is -2.36. The van der Waals surface area contributed by atoms with Gasteiger partial charge in [0.05, 0.1) is 6.04 Å². The van der Waals surface area contributed by atoms with Crippen LogP contribution in [0.2, 0.25) is 0 Å². The van der Waals surface area contributed by atoms with E-state index in [4.69, 9.17) is 5.73 Å². The Morgan fingerprint density at radius 3 is 2.50 bits per heavy atom. The average molecular weight is 285 g/mol. The number of carbonyl (C=O) groups is 2. The van der Waals surface area contributed by atoms with Crippen molar-refractivity contribution in [2.75, 3.05) is 19.6 Å². The second-order valence-corrected chi connectivity index (χ2v) is 6.41. The van der Waals surface area contributed by atoms with Gasteiger partial charge in [-0.15, -0.1) is 0 Å². The molecule has 1 atom stereocenters. The second kappa shape index (κ2) is 6.92. The molecule has 0 unspecified atom stereocenters. The first kappa shape index (κ1) is 16.8. The third-order valence-electron chi connectivity index (χ3n) is 3.81. The Hall–Kier alpha value is -1.30. The van der Waals surface area contributed by atoms with Crippen molar-refractivity contribution in [3.63, 3.8) is 0 Å². The summed E-state index contributed by atoms with van der Waals surface area (Å²) in [6.45, 7) is 7.71. The van der Waals surface area contributed by atoms with E-state index in [0.717, 1.165) is 25.8 Å². The van der Waals surface area contributed by atoms with E-state index in [2.05, 4.69) is 4.90 Å². The van der Waals surface area contributed by atoms with Crippen LogP contribution in [0.3, 0.4) is 0 Å². The molecule has 1 aliphatic heterocycles. The van der Waals surface area contributed by atoms with E-state index in [0.29, 0.717) is 19.5 Å². The van der Waals surface area contributed by atoms with Gasteiger partial charge in [-0.3, -0.25) is 9.69 Å². The van der Waals surface area contributed by atoms with Gasteiger partial charge in [0.2, 0.25) is 5.91 Å². The molecule has 1 aliphatic rings. The van der Waals surface area contributed by atoms with Crippen LogP contribution in [-0.4, -0.2) is 58.1 Å². The largest absolute Gasteiger partial charge is 0.465 e. The van der Waals surface area contributed by atoms with Crippen LogP contribution in [0.5, 0.6) is 0 Å². The van der Waals surface area contributed by atoms with Crippen LogP contribution in [0, 0.1) is 0 Å². The fourth-order valence-corrected chi connectivity index (χ4v) is 2.73. The van der Waals surface area contributed by atoms with E-state index >= 15 is 0 Å². The van der Waals surface area contributed by atoms with Gasteiger partial charge >= 0.3 is 6.09 Å². The van der Waals surface area contributed by atoms with Crippen molar-refractivity contribution in [1.82, 2.24) is 9.80 Å². The highest BCUT2D eigenvalue weighted by Crippen LogP contribution is 2.18. The number of carboxylic acid groups (broad SMARTS) is 1. The highest BCUT2D eigenvalue weighted by atomic mass is 16.4. The van der Waals surface area contributed by atoms with E-state index < -0.39 is 11.6 Å². The van der Waals surface area contributed by atoms with Crippen molar-refractivity contribution in [2.24, 2.45) is 5.73 Å². The lowest BCUT2D eigenvalue weighted by Crippen LogP contribution is -2.49. The fourth-order valence-electron chi connectivity index (χ4n) is 2.73. The molecule has 6 nitrogen and oxygen atoms in total. The molecule has 0 aromatic carbocycles. The highest BCUT2D eigenvalue weighted by Gasteiger charge is 2.28. The van der Waals surface area contributed by atoms with Gasteiger partial charge in [0.15, 0.2) is 0 Å². The average Bonchev–Trinajstić information content (AvgIpc) is 2.32. The molecule has 20 heavy (non-hydrogen) atoms. The normalized spacial score (nSPS) is 20.6. The molecule has 1 heterocycles. The number of likely N-dealkylation sites (tertiary alicyclic amines) is 1. The summed E-state index contributed by atoms with van der Waals surface area (Å²) in [4.78, 5) is 26.2. The molecular weight excluding hydrogens is 258 g/mol. The minimum absolute atomic E-state index is 0.184. The highest BCUT2D eigenvalue weighted by molar-refractivity contribution is 5.79. The van der Waals surface area contributed by atoms with Crippen LogP contribution in [0.1, 0.15) is 46.5 Å². The number of nitrogens with zero attached hydrogens (tertiary/aromatic N) is 2. The number of carbonyl (C=O) groups excluding carboxylic acids is 1. The fraction of sp³-hybridized carbons (Fsp3) is 0.857. The molecule has 3 N–H and O–H groups in total. The van der Waals surface area contributed by atoms with Crippen molar-refractivity contribution in [1.29, 1.82) is 0 Å². The number of hydrogen-bond donors (Lipinski definition) is 2. The standard InChI is InChI=1S/C14H27N3O3/c1-14(2,3)17(13(19)20)10-6-9-16-8-5-4-7-11(16)12(15)18/h11H,4-10H2,1-3H3,(H2,15,18)(H,19,20)/t11-/m0/s1. The smallest absolute Gasteiger partial charge is 0.407 e. The Morgan fingerprint density at radius 2 is 2.00 bits per heavy atom. The summed E-state index contributed by atoms with van der Waals surface area (Å²) in [6, 6.07) is -0.184. The Bertz CT molecular complexity index is 352. The lowest BCUT2D eigenvalue weighted by molar-refractivity contribution is -0.124. The van der Waals surface area contributed by atoms with Crippen molar-refractivity contribution in [3.05, 3.63) is 0 Å². The maximum absolute atomic E-state index is 11.4. The summed E-state index contributed by atoms with van der Waals surface area (Å²) in [5.74, 6) is -0.268. The van der Waals surface area contributed by atoms with Crippen LogP contribution >= 0.6 is 0 Å². The van der Waals surface area contributed by atoms with E-state index in [1.165, 1.54) is 4.90 Å². The molecule has 0 aliphatic carbocycles. The molecule has 0 saturated carbocycles. The van der Waals surface area contributed by atoms with Crippen molar-refractivity contribution >= 4 is 12.0 Å². The number of hydrogen-bond acceptors (Lipinski definition) is 3. The molecule has 0 bridgehead atoms. The minimum atomic E-state index is -0.900. The molecule has 0 aromatic heterocycles. The summed E-state index contributed by atoms with van der Waals surface area (Å²) < 4.78 is 0. The zero-order valence-corrected chi connectivity index (χ0v) is 12.8. The summed E-state index contributed by atoms with van der Waals surface area (Å²) in [7, 11) is 0. The Morgan fingerprint density at radius 1 is 1.35 bits per heavy atom. The summed E-state index contributed by atoms with van der Waals surface area (Å²) in [6.07, 6.45) is 2.74. The molecule has 0 radical (unpaired) electrons. The van der Waals surface area contributed by atoms with Gasteiger partial charge in [-0.1, -0.05) is 6.42 Å². The number of piperidine rings is 1. The first-order valence-corrected chi connectivity index (χ1v) is 7.27. The Labute approximate surface area is 120 Å². The molecule has 0 aromatic rings. The number of rotatable bonds is 5. The molecular formula is C14H27N3O3. The Kier molecular flexibility index (Phi) is 5.80. The molecule has 1 fully saturated rings. The summed E-state index contributed by atoms with van der Waals surface area (Å²) in [5, 5.41) is 9.22. The predicted octanol–water partition coefficient (Wildman–Crippen LogP) is 1.49. The SMILES string of the molecule is CC(C)(C)N(CCCN1CCCC[C@H]1C(N)=O)C(=O)O. The Balaban J connectivity index is 2.49. The van der Waals surface area contributed by atoms with Crippen LogP contribution < -0.4 is 5.73 Å². The van der Waals surface area contributed by atoms with Crippen LogP contribution in [0.4, 0.5) is 4.79 Å². The lowest BCUT2D eigenvalue weighted by atomic mass is 10.0. The van der Waals surface area contributed by atoms with Gasteiger partial charge in [0.1, 0.15) is 0 Å². The van der Waals surface area contributed by atoms with Gasteiger partial charge in [-0.05, 0) is 46.6 Å². The number of primary amides is 1. The van der Waals surface area contributed by atoms with E-state index in [9.17, 15) is 14.7 Å². The van der Waals surface area contributed by atoms with Crippen LogP contribution in [-0.2, 0) is 4.79 Å². The molecule has 2 amide bonds. The van der Waals surface area contributed by atoms with Crippen molar-refractivity contribution in [3.8, 4) is 0 Å². The van der Waals surface area contributed by atoms with Crippen molar-refractivity contribution in [2.45, 2.75) is 58.0 Å². The molecule has 116 valence electrons. The van der Waals surface area contributed by atoms with E-state index in [1.807, 2.05) is 20.8 Å². The monoisotopic (exact) mass is 285 g/mol. The molecule has 0 spiro atoms. The first-order chi connectivity index (χ1) is 9.23. The minimum Gasteiger partial charge on any atom is -0.465 e.